The SMILES string of the molecule is Cc1c(Cl)cccc1N1CCC(CN)(N(C)C)C1. The summed E-state index contributed by atoms with van der Waals surface area (Å²) in [5.74, 6) is 0. The van der Waals surface area contributed by atoms with Crippen LogP contribution in [-0.4, -0.2) is 44.2 Å². The van der Waals surface area contributed by atoms with E-state index in [1.165, 1.54) is 5.69 Å². The Bertz CT molecular complexity index is 433. The van der Waals surface area contributed by atoms with Crippen molar-refractivity contribution in [2.24, 2.45) is 5.73 Å². The van der Waals surface area contributed by atoms with Crippen molar-refractivity contribution >= 4 is 17.3 Å². The number of halogens is 1. The van der Waals surface area contributed by atoms with E-state index in [-0.39, 0.29) is 5.54 Å². The minimum atomic E-state index is 0.0920. The number of hydrogen-bond acceptors (Lipinski definition) is 3. The van der Waals surface area contributed by atoms with Crippen LogP contribution in [0.15, 0.2) is 18.2 Å². The summed E-state index contributed by atoms with van der Waals surface area (Å²) in [4.78, 5) is 4.65. The number of benzene rings is 1. The number of hydrogen-bond donors (Lipinski definition) is 1. The van der Waals surface area contributed by atoms with Crippen LogP contribution in [0, 0.1) is 6.92 Å². The molecule has 3 nitrogen and oxygen atoms in total. The Morgan fingerprint density at radius 1 is 1.44 bits per heavy atom. The minimum absolute atomic E-state index is 0.0920. The second kappa shape index (κ2) is 5.08. The number of nitrogens with two attached hydrogens (primary N) is 1. The molecule has 1 heterocycles. The zero-order chi connectivity index (χ0) is 13.3. The summed E-state index contributed by atoms with van der Waals surface area (Å²) in [6.45, 7) is 4.78. The van der Waals surface area contributed by atoms with Crippen molar-refractivity contribution < 1.29 is 0 Å². The van der Waals surface area contributed by atoms with Crippen molar-refractivity contribution in [3.63, 3.8) is 0 Å². The fourth-order valence-electron chi connectivity index (χ4n) is 2.71. The van der Waals surface area contributed by atoms with Gasteiger partial charge in [-0.05, 0) is 45.1 Å². The van der Waals surface area contributed by atoms with Crippen molar-refractivity contribution in [1.29, 1.82) is 0 Å². The Labute approximate surface area is 115 Å². The summed E-state index contributed by atoms with van der Waals surface area (Å²) in [5, 5.41) is 0.836. The Kier molecular flexibility index (Phi) is 3.85. The summed E-state index contributed by atoms with van der Waals surface area (Å²) in [5.41, 5.74) is 8.47. The monoisotopic (exact) mass is 267 g/mol. The number of anilines is 1. The zero-order valence-corrected chi connectivity index (χ0v) is 12.2. The molecule has 0 bridgehead atoms. The van der Waals surface area contributed by atoms with Crippen LogP contribution >= 0.6 is 11.6 Å². The average molecular weight is 268 g/mol. The van der Waals surface area contributed by atoms with Gasteiger partial charge in [0.1, 0.15) is 0 Å². The number of nitrogens with zero attached hydrogens (tertiary/aromatic N) is 2. The van der Waals surface area contributed by atoms with Crippen LogP contribution in [-0.2, 0) is 0 Å². The largest absolute Gasteiger partial charge is 0.369 e. The van der Waals surface area contributed by atoms with Crippen LogP contribution in [0.2, 0.25) is 5.02 Å². The maximum Gasteiger partial charge on any atom is 0.0518 e. The summed E-state index contributed by atoms with van der Waals surface area (Å²) in [7, 11) is 4.22. The predicted octanol–water partition coefficient (Wildman–Crippen LogP) is 2.12. The third kappa shape index (κ3) is 2.22. The molecule has 0 aliphatic carbocycles. The quantitative estimate of drug-likeness (QED) is 0.911. The molecule has 1 aliphatic rings. The van der Waals surface area contributed by atoms with Gasteiger partial charge in [-0.1, -0.05) is 17.7 Å². The lowest BCUT2D eigenvalue weighted by Gasteiger charge is -2.35. The molecule has 1 aromatic carbocycles. The van der Waals surface area contributed by atoms with Gasteiger partial charge < -0.3 is 15.5 Å². The van der Waals surface area contributed by atoms with Crippen molar-refractivity contribution in [3.8, 4) is 0 Å². The summed E-state index contributed by atoms with van der Waals surface area (Å²) in [6.07, 6.45) is 1.10. The highest BCUT2D eigenvalue weighted by Gasteiger charge is 2.39. The Hall–Kier alpha value is -0.770. The van der Waals surface area contributed by atoms with E-state index in [0.717, 1.165) is 30.1 Å². The maximum atomic E-state index is 6.20. The lowest BCUT2D eigenvalue weighted by molar-refractivity contribution is 0.184. The summed E-state index contributed by atoms with van der Waals surface area (Å²) < 4.78 is 0. The van der Waals surface area contributed by atoms with Crippen LogP contribution in [0.4, 0.5) is 5.69 Å². The van der Waals surface area contributed by atoms with Gasteiger partial charge >= 0.3 is 0 Å². The van der Waals surface area contributed by atoms with E-state index < -0.39 is 0 Å². The molecule has 1 aromatic rings. The van der Waals surface area contributed by atoms with Gasteiger partial charge in [0, 0.05) is 30.3 Å². The van der Waals surface area contributed by atoms with Crippen molar-refractivity contribution in [1.82, 2.24) is 4.90 Å². The van der Waals surface area contributed by atoms with E-state index in [1.54, 1.807) is 0 Å². The van der Waals surface area contributed by atoms with Crippen LogP contribution in [0.5, 0.6) is 0 Å². The highest BCUT2D eigenvalue weighted by atomic mass is 35.5. The predicted molar refractivity (Wildman–Crippen MR) is 78.5 cm³/mol. The molecular weight excluding hydrogens is 246 g/mol. The molecule has 2 rings (SSSR count). The molecule has 1 atom stereocenters. The molecule has 100 valence electrons. The van der Waals surface area contributed by atoms with Crippen LogP contribution in [0.25, 0.3) is 0 Å². The van der Waals surface area contributed by atoms with E-state index in [9.17, 15) is 0 Å². The number of likely N-dealkylation sites (N-methyl/N-ethyl adjacent to an activating group) is 1. The molecule has 1 unspecified atom stereocenters. The fraction of sp³-hybridized carbons (Fsp3) is 0.571. The van der Waals surface area contributed by atoms with Crippen LogP contribution in [0.1, 0.15) is 12.0 Å². The lowest BCUT2D eigenvalue weighted by atomic mass is 9.97. The molecule has 0 spiro atoms. The van der Waals surface area contributed by atoms with Crippen LogP contribution in [0.3, 0.4) is 0 Å². The number of rotatable bonds is 3. The first-order chi connectivity index (χ1) is 8.50. The second-order valence-electron chi connectivity index (χ2n) is 5.38. The Morgan fingerprint density at radius 3 is 2.72 bits per heavy atom. The van der Waals surface area contributed by atoms with E-state index in [0.29, 0.717) is 6.54 Å². The minimum Gasteiger partial charge on any atom is -0.369 e. The molecule has 1 fully saturated rings. The van der Waals surface area contributed by atoms with Crippen molar-refractivity contribution in [2.75, 3.05) is 38.6 Å². The smallest absolute Gasteiger partial charge is 0.0518 e. The van der Waals surface area contributed by atoms with Gasteiger partial charge in [0.2, 0.25) is 0 Å². The maximum absolute atomic E-state index is 6.20. The van der Waals surface area contributed by atoms with E-state index in [2.05, 4.69) is 36.9 Å². The molecule has 2 N–H and O–H groups in total. The zero-order valence-electron chi connectivity index (χ0n) is 11.4. The molecule has 0 radical (unpaired) electrons. The molecule has 0 aromatic heterocycles. The fourth-order valence-corrected chi connectivity index (χ4v) is 2.88. The third-order valence-corrected chi connectivity index (χ3v) is 4.65. The molecule has 1 saturated heterocycles. The molecular formula is C14H22ClN3. The normalized spacial score (nSPS) is 24.0. The van der Waals surface area contributed by atoms with E-state index >= 15 is 0 Å². The van der Waals surface area contributed by atoms with Gasteiger partial charge in [-0.2, -0.15) is 0 Å². The topological polar surface area (TPSA) is 32.5 Å². The van der Waals surface area contributed by atoms with Gasteiger partial charge in [0.25, 0.3) is 0 Å². The first-order valence-corrected chi connectivity index (χ1v) is 6.75. The van der Waals surface area contributed by atoms with Crippen LogP contribution < -0.4 is 10.6 Å². The van der Waals surface area contributed by atoms with E-state index in [4.69, 9.17) is 17.3 Å². The third-order valence-electron chi connectivity index (χ3n) is 4.24. The molecule has 1 aliphatic heterocycles. The Morgan fingerprint density at radius 2 is 2.17 bits per heavy atom. The highest BCUT2D eigenvalue weighted by molar-refractivity contribution is 6.31. The summed E-state index contributed by atoms with van der Waals surface area (Å²) >= 11 is 6.20. The highest BCUT2D eigenvalue weighted by Crippen LogP contribution is 2.33. The van der Waals surface area contributed by atoms with E-state index in [1.807, 2.05) is 12.1 Å². The molecule has 0 amide bonds. The average Bonchev–Trinajstić information content (AvgIpc) is 2.78. The summed E-state index contributed by atoms with van der Waals surface area (Å²) in [6, 6.07) is 6.10. The van der Waals surface area contributed by atoms with Gasteiger partial charge in [-0.15, -0.1) is 0 Å². The molecule has 0 saturated carbocycles. The lowest BCUT2D eigenvalue weighted by Crippen LogP contribution is -2.52. The first kappa shape index (κ1) is 13.7. The van der Waals surface area contributed by atoms with Gasteiger partial charge in [0.15, 0.2) is 0 Å². The second-order valence-corrected chi connectivity index (χ2v) is 5.79. The standard InChI is InChI=1S/C14H22ClN3/c1-11-12(15)5-4-6-13(11)18-8-7-14(9-16,10-18)17(2)3/h4-6H,7-10,16H2,1-3H3. The van der Waals surface area contributed by atoms with Crippen molar-refractivity contribution in [3.05, 3.63) is 28.8 Å². The molecule has 4 heteroatoms. The first-order valence-electron chi connectivity index (χ1n) is 6.38. The van der Waals surface area contributed by atoms with Gasteiger partial charge in [-0.3, -0.25) is 0 Å². The van der Waals surface area contributed by atoms with Gasteiger partial charge in [0.05, 0.1) is 5.54 Å². The molecule has 18 heavy (non-hydrogen) atoms. The van der Waals surface area contributed by atoms with Crippen molar-refractivity contribution in [2.45, 2.75) is 18.9 Å². The van der Waals surface area contributed by atoms with Gasteiger partial charge in [-0.25, -0.2) is 0 Å². The Balaban J connectivity index is 2.25.